The fourth-order valence-corrected chi connectivity index (χ4v) is 2.15. The van der Waals surface area contributed by atoms with Gasteiger partial charge in [-0.3, -0.25) is 4.79 Å². The first-order chi connectivity index (χ1) is 11.2. The summed E-state index contributed by atoms with van der Waals surface area (Å²) >= 11 is 0. The summed E-state index contributed by atoms with van der Waals surface area (Å²) < 4.78 is 11.2. The number of carbonyl (C=O) groups is 1. The summed E-state index contributed by atoms with van der Waals surface area (Å²) in [7, 11) is 0. The van der Waals surface area contributed by atoms with Crippen molar-refractivity contribution in [3.8, 4) is 11.5 Å². The van der Waals surface area contributed by atoms with Crippen LogP contribution in [0.1, 0.15) is 29.8 Å². The molecule has 0 aliphatic carbocycles. The van der Waals surface area contributed by atoms with Gasteiger partial charge in [0.05, 0.1) is 18.8 Å². The Balaban J connectivity index is 2.29. The topological polar surface area (TPSA) is 61.5 Å². The van der Waals surface area contributed by atoms with Crippen LogP contribution in [0.4, 0.5) is 5.69 Å². The Hall–Kier alpha value is -2.75. The zero-order chi connectivity index (χ0) is 16.7. The standard InChI is InChI=1S/C19H21NO3/c1-3-22-18-6-5-7-19(23-4-2)16(18)12-13-17(21)14-8-10-15(20)11-9-14/h5-13H,3-4,20H2,1-2H3. The average Bonchev–Trinajstić information content (AvgIpc) is 2.55. The molecule has 23 heavy (non-hydrogen) atoms. The minimum Gasteiger partial charge on any atom is -0.493 e. The van der Waals surface area contributed by atoms with Gasteiger partial charge in [-0.15, -0.1) is 0 Å². The molecule has 0 amide bonds. The number of hydrogen-bond donors (Lipinski definition) is 1. The van der Waals surface area contributed by atoms with Crippen LogP contribution < -0.4 is 15.2 Å². The summed E-state index contributed by atoms with van der Waals surface area (Å²) in [6.45, 7) is 4.92. The van der Waals surface area contributed by atoms with Crippen LogP contribution in [0.2, 0.25) is 0 Å². The summed E-state index contributed by atoms with van der Waals surface area (Å²) in [5.74, 6) is 1.29. The number of ketones is 1. The highest BCUT2D eigenvalue weighted by atomic mass is 16.5. The van der Waals surface area contributed by atoms with Gasteiger partial charge in [0.2, 0.25) is 0 Å². The van der Waals surface area contributed by atoms with E-state index in [0.29, 0.717) is 36.0 Å². The van der Waals surface area contributed by atoms with E-state index >= 15 is 0 Å². The van der Waals surface area contributed by atoms with E-state index in [1.54, 1.807) is 30.3 Å². The Morgan fingerprint density at radius 3 is 2.09 bits per heavy atom. The van der Waals surface area contributed by atoms with Gasteiger partial charge in [0.15, 0.2) is 5.78 Å². The molecule has 120 valence electrons. The highest BCUT2D eigenvalue weighted by Crippen LogP contribution is 2.30. The zero-order valence-corrected chi connectivity index (χ0v) is 13.4. The third-order valence-electron chi connectivity index (χ3n) is 3.22. The van der Waals surface area contributed by atoms with E-state index in [1.807, 2.05) is 32.0 Å². The summed E-state index contributed by atoms with van der Waals surface area (Å²) in [4.78, 5) is 12.3. The fraction of sp³-hybridized carbons (Fsp3) is 0.211. The van der Waals surface area contributed by atoms with Gasteiger partial charge in [0.25, 0.3) is 0 Å². The normalized spacial score (nSPS) is 10.7. The van der Waals surface area contributed by atoms with Crippen molar-refractivity contribution in [2.45, 2.75) is 13.8 Å². The van der Waals surface area contributed by atoms with Gasteiger partial charge in [-0.1, -0.05) is 6.07 Å². The van der Waals surface area contributed by atoms with E-state index in [-0.39, 0.29) is 5.78 Å². The minimum atomic E-state index is -0.0984. The van der Waals surface area contributed by atoms with E-state index in [4.69, 9.17) is 15.2 Å². The summed E-state index contributed by atoms with van der Waals surface area (Å²) in [6, 6.07) is 12.4. The van der Waals surface area contributed by atoms with Crippen LogP contribution in [0.3, 0.4) is 0 Å². The Morgan fingerprint density at radius 1 is 1.00 bits per heavy atom. The van der Waals surface area contributed by atoms with E-state index in [0.717, 1.165) is 5.56 Å². The maximum atomic E-state index is 12.3. The number of hydrogen-bond acceptors (Lipinski definition) is 4. The Labute approximate surface area is 136 Å². The smallest absolute Gasteiger partial charge is 0.185 e. The van der Waals surface area contributed by atoms with Crippen LogP contribution in [0.5, 0.6) is 11.5 Å². The van der Waals surface area contributed by atoms with Crippen LogP contribution in [0, 0.1) is 0 Å². The number of anilines is 1. The molecule has 2 aromatic carbocycles. The van der Waals surface area contributed by atoms with Crippen molar-refractivity contribution in [3.05, 3.63) is 59.7 Å². The number of nitrogens with two attached hydrogens (primary N) is 1. The quantitative estimate of drug-likeness (QED) is 0.477. The molecule has 2 N–H and O–H groups in total. The van der Waals surface area contributed by atoms with Gasteiger partial charge < -0.3 is 15.2 Å². The SMILES string of the molecule is CCOc1cccc(OCC)c1C=CC(=O)c1ccc(N)cc1. The number of rotatable bonds is 7. The zero-order valence-electron chi connectivity index (χ0n) is 13.4. The second-order valence-corrected chi connectivity index (χ2v) is 4.85. The molecule has 4 heteroatoms. The molecule has 0 atom stereocenters. The number of carbonyl (C=O) groups excluding carboxylic acids is 1. The Kier molecular flexibility index (Phi) is 5.80. The third-order valence-corrected chi connectivity index (χ3v) is 3.22. The first-order valence-electron chi connectivity index (χ1n) is 7.62. The molecule has 0 radical (unpaired) electrons. The molecule has 0 aliphatic heterocycles. The molecule has 0 bridgehead atoms. The molecule has 0 aromatic heterocycles. The molecule has 0 unspecified atom stereocenters. The fourth-order valence-electron chi connectivity index (χ4n) is 2.15. The van der Waals surface area contributed by atoms with Crippen molar-refractivity contribution in [3.63, 3.8) is 0 Å². The third kappa shape index (κ3) is 4.36. The maximum absolute atomic E-state index is 12.3. The second-order valence-electron chi connectivity index (χ2n) is 4.85. The Morgan fingerprint density at radius 2 is 1.57 bits per heavy atom. The predicted octanol–water partition coefficient (Wildman–Crippen LogP) is 3.96. The van der Waals surface area contributed by atoms with Crippen molar-refractivity contribution in [2.75, 3.05) is 18.9 Å². The van der Waals surface area contributed by atoms with Gasteiger partial charge in [-0.2, -0.15) is 0 Å². The first kappa shape index (κ1) is 16.6. The average molecular weight is 311 g/mol. The molecule has 2 aromatic rings. The van der Waals surface area contributed by atoms with Crippen molar-refractivity contribution < 1.29 is 14.3 Å². The van der Waals surface area contributed by atoms with Crippen molar-refractivity contribution >= 4 is 17.5 Å². The molecular weight excluding hydrogens is 290 g/mol. The maximum Gasteiger partial charge on any atom is 0.185 e. The van der Waals surface area contributed by atoms with E-state index in [1.165, 1.54) is 6.08 Å². The van der Waals surface area contributed by atoms with E-state index in [2.05, 4.69) is 0 Å². The molecule has 0 heterocycles. The van der Waals surface area contributed by atoms with Crippen LogP contribution in [-0.4, -0.2) is 19.0 Å². The Bertz CT molecular complexity index is 666. The molecule has 0 fully saturated rings. The van der Waals surface area contributed by atoms with E-state index < -0.39 is 0 Å². The van der Waals surface area contributed by atoms with Gasteiger partial charge in [0.1, 0.15) is 11.5 Å². The predicted molar refractivity (Wildman–Crippen MR) is 93.0 cm³/mol. The van der Waals surface area contributed by atoms with Crippen molar-refractivity contribution in [1.82, 2.24) is 0 Å². The largest absolute Gasteiger partial charge is 0.493 e. The summed E-state index contributed by atoms with van der Waals surface area (Å²) in [6.07, 6.45) is 3.25. The lowest BCUT2D eigenvalue weighted by Crippen LogP contribution is -1.99. The molecule has 0 saturated carbocycles. The van der Waals surface area contributed by atoms with Gasteiger partial charge in [-0.05, 0) is 62.4 Å². The summed E-state index contributed by atoms with van der Waals surface area (Å²) in [5, 5.41) is 0. The van der Waals surface area contributed by atoms with Gasteiger partial charge >= 0.3 is 0 Å². The molecule has 2 rings (SSSR count). The molecule has 4 nitrogen and oxygen atoms in total. The highest BCUT2D eigenvalue weighted by molar-refractivity contribution is 6.07. The lowest BCUT2D eigenvalue weighted by Gasteiger charge is -2.12. The van der Waals surface area contributed by atoms with Gasteiger partial charge in [-0.25, -0.2) is 0 Å². The molecule has 0 spiro atoms. The molecule has 0 saturated heterocycles. The first-order valence-corrected chi connectivity index (χ1v) is 7.62. The number of nitrogen functional groups attached to an aromatic ring is 1. The second kappa shape index (κ2) is 8.03. The number of benzene rings is 2. The number of ether oxygens (including phenoxy) is 2. The van der Waals surface area contributed by atoms with Crippen molar-refractivity contribution in [2.24, 2.45) is 0 Å². The lowest BCUT2D eigenvalue weighted by molar-refractivity contribution is 0.104. The summed E-state index contributed by atoms with van der Waals surface area (Å²) in [5.41, 5.74) is 7.62. The van der Waals surface area contributed by atoms with Gasteiger partial charge in [0, 0.05) is 11.3 Å². The minimum absolute atomic E-state index is 0.0984. The molecular formula is C19H21NO3. The highest BCUT2D eigenvalue weighted by Gasteiger charge is 2.09. The number of allylic oxidation sites excluding steroid dienone is 1. The van der Waals surface area contributed by atoms with Crippen LogP contribution >= 0.6 is 0 Å². The lowest BCUT2D eigenvalue weighted by atomic mass is 10.1. The van der Waals surface area contributed by atoms with Crippen LogP contribution in [0.15, 0.2) is 48.5 Å². The van der Waals surface area contributed by atoms with Crippen LogP contribution in [0.25, 0.3) is 6.08 Å². The van der Waals surface area contributed by atoms with E-state index in [9.17, 15) is 4.79 Å². The molecule has 0 aliphatic rings. The van der Waals surface area contributed by atoms with Crippen molar-refractivity contribution in [1.29, 1.82) is 0 Å². The van der Waals surface area contributed by atoms with Crippen LogP contribution in [-0.2, 0) is 0 Å². The monoisotopic (exact) mass is 311 g/mol.